The lowest BCUT2D eigenvalue weighted by atomic mass is 9.97. The third-order valence-electron chi connectivity index (χ3n) is 4.37. The van der Waals surface area contributed by atoms with Gasteiger partial charge in [0.25, 0.3) is 0 Å². The highest BCUT2D eigenvalue weighted by Gasteiger charge is 2.39. The summed E-state index contributed by atoms with van der Waals surface area (Å²) in [7, 11) is 0. The Labute approximate surface area is 92.8 Å². The lowest BCUT2D eigenvalue weighted by Gasteiger charge is -2.33. The molecule has 0 aromatic rings. The molecule has 2 N–H and O–H groups in total. The van der Waals surface area contributed by atoms with Crippen molar-refractivity contribution < 1.29 is 5.11 Å². The third-order valence-corrected chi connectivity index (χ3v) is 4.37. The molecular formula is C12H24N2O. The Morgan fingerprint density at radius 2 is 2.20 bits per heavy atom. The van der Waals surface area contributed by atoms with E-state index in [1.807, 2.05) is 0 Å². The van der Waals surface area contributed by atoms with Crippen LogP contribution < -0.4 is 5.32 Å². The molecule has 2 fully saturated rings. The molecule has 2 aliphatic heterocycles. The van der Waals surface area contributed by atoms with Gasteiger partial charge in [0.15, 0.2) is 0 Å². The van der Waals surface area contributed by atoms with Crippen molar-refractivity contribution in [2.75, 3.05) is 26.2 Å². The lowest BCUT2D eigenvalue weighted by Crippen LogP contribution is -2.46. The molecule has 0 amide bonds. The number of nitrogens with zero attached hydrogens (tertiary/aromatic N) is 1. The van der Waals surface area contributed by atoms with Crippen LogP contribution in [0.5, 0.6) is 0 Å². The first kappa shape index (κ1) is 11.4. The second kappa shape index (κ2) is 4.81. The fraction of sp³-hybridized carbons (Fsp3) is 1.00. The minimum Gasteiger partial charge on any atom is -0.395 e. The van der Waals surface area contributed by atoms with Crippen LogP contribution in [0.4, 0.5) is 0 Å². The molecule has 0 aliphatic carbocycles. The van der Waals surface area contributed by atoms with E-state index in [0.29, 0.717) is 24.6 Å². The number of nitrogens with one attached hydrogen (secondary N) is 1. The third kappa shape index (κ3) is 2.05. The van der Waals surface area contributed by atoms with Crippen molar-refractivity contribution in [1.82, 2.24) is 10.2 Å². The molecule has 3 heteroatoms. The van der Waals surface area contributed by atoms with Crippen molar-refractivity contribution >= 4 is 0 Å². The summed E-state index contributed by atoms with van der Waals surface area (Å²) in [6.07, 6.45) is 2.50. The van der Waals surface area contributed by atoms with E-state index in [4.69, 9.17) is 0 Å². The predicted molar refractivity (Wildman–Crippen MR) is 61.8 cm³/mol. The molecule has 4 atom stereocenters. The van der Waals surface area contributed by atoms with Crippen LogP contribution >= 0.6 is 0 Å². The summed E-state index contributed by atoms with van der Waals surface area (Å²) in [5.74, 6) is 1.44. The Morgan fingerprint density at radius 1 is 1.40 bits per heavy atom. The Morgan fingerprint density at radius 3 is 2.87 bits per heavy atom. The average Bonchev–Trinajstić information content (AvgIpc) is 2.82. The molecular weight excluding hydrogens is 188 g/mol. The fourth-order valence-corrected chi connectivity index (χ4v) is 3.26. The molecule has 0 bridgehead atoms. The lowest BCUT2D eigenvalue weighted by molar-refractivity contribution is 0.0907. The molecule has 2 rings (SSSR count). The Bertz CT molecular complexity index is 210. The molecule has 3 nitrogen and oxygen atoms in total. The van der Waals surface area contributed by atoms with Crippen molar-refractivity contribution in [1.29, 1.82) is 0 Å². The normalized spacial score (nSPS) is 42.6. The highest BCUT2D eigenvalue weighted by Crippen LogP contribution is 2.30. The summed E-state index contributed by atoms with van der Waals surface area (Å²) in [6, 6.07) is 1.07. The number of hydrogen-bond acceptors (Lipinski definition) is 3. The molecule has 0 radical (unpaired) electrons. The molecule has 2 saturated heterocycles. The molecule has 88 valence electrons. The number of hydrogen-bond donors (Lipinski definition) is 2. The topological polar surface area (TPSA) is 35.5 Å². The van der Waals surface area contributed by atoms with Crippen LogP contribution in [0.25, 0.3) is 0 Å². The smallest absolute Gasteiger partial charge is 0.0589 e. The van der Waals surface area contributed by atoms with Crippen LogP contribution in [0.1, 0.15) is 26.7 Å². The average molecular weight is 212 g/mol. The zero-order valence-corrected chi connectivity index (χ0v) is 9.95. The van der Waals surface area contributed by atoms with Gasteiger partial charge in [-0.05, 0) is 31.3 Å². The van der Waals surface area contributed by atoms with Gasteiger partial charge in [-0.15, -0.1) is 0 Å². The van der Waals surface area contributed by atoms with Crippen LogP contribution in [-0.4, -0.2) is 48.3 Å². The summed E-state index contributed by atoms with van der Waals surface area (Å²) in [4.78, 5) is 2.55. The van der Waals surface area contributed by atoms with Gasteiger partial charge in [0.1, 0.15) is 0 Å². The monoisotopic (exact) mass is 212 g/mol. The molecule has 2 aliphatic rings. The minimum absolute atomic E-state index is 0.327. The maximum Gasteiger partial charge on any atom is 0.0589 e. The van der Waals surface area contributed by atoms with Crippen molar-refractivity contribution in [3.05, 3.63) is 0 Å². The van der Waals surface area contributed by atoms with E-state index in [0.717, 1.165) is 19.0 Å². The molecule has 0 aromatic carbocycles. The van der Waals surface area contributed by atoms with Gasteiger partial charge < -0.3 is 10.4 Å². The van der Waals surface area contributed by atoms with E-state index >= 15 is 0 Å². The minimum atomic E-state index is 0.327. The quantitative estimate of drug-likeness (QED) is 0.722. The van der Waals surface area contributed by atoms with Gasteiger partial charge in [0, 0.05) is 18.6 Å². The van der Waals surface area contributed by atoms with Crippen LogP contribution in [0.2, 0.25) is 0 Å². The van der Waals surface area contributed by atoms with E-state index in [1.54, 1.807) is 0 Å². The van der Waals surface area contributed by atoms with Gasteiger partial charge in [-0.2, -0.15) is 0 Å². The van der Waals surface area contributed by atoms with Crippen LogP contribution in [0.3, 0.4) is 0 Å². The van der Waals surface area contributed by atoms with Gasteiger partial charge in [0.2, 0.25) is 0 Å². The standard InChI is InChI=1S/C12H24N2O/c1-3-10-6-13-7-11(10)14-5-4-9(2)12(14)8-15/h9-13,15H,3-8H2,1-2H3. The van der Waals surface area contributed by atoms with E-state index in [2.05, 4.69) is 24.1 Å². The van der Waals surface area contributed by atoms with Gasteiger partial charge in [-0.3, -0.25) is 4.90 Å². The Hall–Kier alpha value is -0.120. The predicted octanol–water partition coefficient (Wildman–Crippen LogP) is 0.687. The van der Waals surface area contributed by atoms with Crippen molar-refractivity contribution in [2.24, 2.45) is 11.8 Å². The van der Waals surface area contributed by atoms with E-state index in [-0.39, 0.29) is 0 Å². The number of aliphatic hydroxyl groups is 1. The van der Waals surface area contributed by atoms with Crippen LogP contribution in [0, 0.1) is 11.8 Å². The summed E-state index contributed by atoms with van der Waals surface area (Å²) >= 11 is 0. The first-order chi connectivity index (χ1) is 7.27. The van der Waals surface area contributed by atoms with E-state index < -0.39 is 0 Å². The van der Waals surface area contributed by atoms with Crippen LogP contribution in [-0.2, 0) is 0 Å². The summed E-state index contributed by atoms with van der Waals surface area (Å²) in [5.41, 5.74) is 0. The van der Waals surface area contributed by atoms with Crippen LogP contribution in [0.15, 0.2) is 0 Å². The zero-order valence-electron chi connectivity index (χ0n) is 9.95. The molecule has 15 heavy (non-hydrogen) atoms. The first-order valence-electron chi connectivity index (χ1n) is 6.35. The summed E-state index contributed by atoms with van der Waals surface area (Å²) in [5, 5.41) is 13.0. The number of rotatable bonds is 3. The van der Waals surface area contributed by atoms with E-state index in [1.165, 1.54) is 19.4 Å². The number of likely N-dealkylation sites (tertiary alicyclic amines) is 1. The molecule has 2 heterocycles. The van der Waals surface area contributed by atoms with Crippen molar-refractivity contribution in [3.8, 4) is 0 Å². The summed E-state index contributed by atoms with van der Waals surface area (Å²) < 4.78 is 0. The van der Waals surface area contributed by atoms with Crippen molar-refractivity contribution in [2.45, 2.75) is 38.8 Å². The Kier molecular flexibility index (Phi) is 3.65. The first-order valence-corrected chi connectivity index (χ1v) is 6.35. The molecule has 0 saturated carbocycles. The molecule has 0 spiro atoms. The maximum atomic E-state index is 9.46. The van der Waals surface area contributed by atoms with Gasteiger partial charge >= 0.3 is 0 Å². The zero-order chi connectivity index (χ0) is 10.8. The van der Waals surface area contributed by atoms with Gasteiger partial charge in [0.05, 0.1) is 6.61 Å². The largest absolute Gasteiger partial charge is 0.395 e. The second-order valence-electron chi connectivity index (χ2n) is 5.15. The molecule has 4 unspecified atom stereocenters. The fourth-order valence-electron chi connectivity index (χ4n) is 3.26. The number of aliphatic hydroxyl groups excluding tert-OH is 1. The maximum absolute atomic E-state index is 9.46. The van der Waals surface area contributed by atoms with Crippen molar-refractivity contribution in [3.63, 3.8) is 0 Å². The SMILES string of the molecule is CCC1CNCC1N1CCC(C)C1CO. The van der Waals surface area contributed by atoms with E-state index in [9.17, 15) is 5.11 Å². The van der Waals surface area contributed by atoms with Gasteiger partial charge in [-0.25, -0.2) is 0 Å². The Balaban J connectivity index is 2.03. The highest BCUT2D eigenvalue weighted by molar-refractivity contribution is 4.95. The highest BCUT2D eigenvalue weighted by atomic mass is 16.3. The second-order valence-corrected chi connectivity index (χ2v) is 5.15. The van der Waals surface area contributed by atoms with Gasteiger partial charge in [-0.1, -0.05) is 20.3 Å². The summed E-state index contributed by atoms with van der Waals surface area (Å²) in [6.45, 7) is 8.32. The molecule has 0 aromatic heterocycles.